The minimum Gasteiger partial charge on any atom is -0.481 e. The van der Waals surface area contributed by atoms with Crippen LogP contribution in [0.15, 0.2) is 0 Å². The molecule has 0 saturated carbocycles. The largest absolute Gasteiger partial charge is 0.481 e. The molecule has 0 aromatic heterocycles. The first kappa shape index (κ1) is 15.0. The van der Waals surface area contributed by atoms with Gasteiger partial charge < -0.3 is 15.3 Å². The second kappa shape index (κ2) is 7.36. The molecule has 104 valence electrons. The summed E-state index contributed by atoms with van der Waals surface area (Å²) in [6.45, 7) is 5.13. The molecule has 1 aliphatic rings. The second-order valence-corrected chi connectivity index (χ2v) is 4.93. The standard InChI is InChI=1S/C13H24N2O3/c1-3-15(10(2)9-12(16)17)13(18)11-7-5-4-6-8-14-11/h10-11,14H,3-9H2,1-2H3,(H,16,17). The highest BCUT2D eigenvalue weighted by Gasteiger charge is 2.27. The molecule has 0 spiro atoms. The lowest BCUT2D eigenvalue weighted by Crippen LogP contribution is -2.49. The van der Waals surface area contributed by atoms with Gasteiger partial charge in [0.15, 0.2) is 0 Å². The van der Waals surface area contributed by atoms with Crippen molar-refractivity contribution >= 4 is 11.9 Å². The van der Waals surface area contributed by atoms with E-state index < -0.39 is 5.97 Å². The first-order valence-electron chi connectivity index (χ1n) is 6.82. The van der Waals surface area contributed by atoms with Gasteiger partial charge in [-0.1, -0.05) is 12.8 Å². The monoisotopic (exact) mass is 256 g/mol. The van der Waals surface area contributed by atoms with Crippen molar-refractivity contribution in [2.45, 2.75) is 58.0 Å². The molecular formula is C13H24N2O3. The molecule has 1 fully saturated rings. The SMILES string of the molecule is CCN(C(=O)C1CCCCCN1)C(C)CC(=O)O. The quantitative estimate of drug-likeness (QED) is 0.776. The number of carboxylic acids is 1. The van der Waals surface area contributed by atoms with E-state index in [1.807, 2.05) is 6.92 Å². The molecule has 0 aromatic rings. The van der Waals surface area contributed by atoms with Gasteiger partial charge in [0.25, 0.3) is 0 Å². The number of carbonyl (C=O) groups is 2. The maximum Gasteiger partial charge on any atom is 0.305 e. The fourth-order valence-electron chi connectivity index (χ4n) is 2.49. The lowest BCUT2D eigenvalue weighted by Gasteiger charge is -2.30. The summed E-state index contributed by atoms with van der Waals surface area (Å²) >= 11 is 0. The number of aliphatic carboxylic acids is 1. The summed E-state index contributed by atoms with van der Waals surface area (Å²) < 4.78 is 0. The molecule has 1 heterocycles. The average Bonchev–Trinajstić information content (AvgIpc) is 2.57. The summed E-state index contributed by atoms with van der Waals surface area (Å²) in [7, 11) is 0. The Morgan fingerprint density at radius 2 is 2.11 bits per heavy atom. The van der Waals surface area contributed by atoms with E-state index in [4.69, 9.17) is 5.11 Å². The number of amides is 1. The first-order chi connectivity index (χ1) is 8.56. The molecule has 1 saturated heterocycles. The molecule has 0 aromatic carbocycles. The molecule has 0 bridgehead atoms. The molecule has 1 rings (SSSR count). The Morgan fingerprint density at radius 1 is 1.39 bits per heavy atom. The van der Waals surface area contributed by atoms with Gasteiger partial charge in [0.2, 0.25) is 5.91 Å². The zero-order valence-corrected chi connectivity index (χ0v) is 11.3. The van der Waals surface area contributed by atoms with Gasteiger partial charge in [-0.25, -0.2) is 0 Å². The summed E-state index contributed by atoms with van der Waals surface area (Å²) in [5, 5.41) is 12.1. The zero-order chi connectivity index (χ0) is 13.5. The van der Waals surface area contributed by atoms with E-state index in [2.05, 4.69) is 5.32 Å². The van der Waals surface area contributed by atoms with Gasteiger partial charge in [0.1, 0.15) is 0 Å². The van der Waals surface area contributed by atoms with Crippen LogP contribution >= 0.6 is 0 Å². The van der Waals surface area contributed by atoms with Gasteiger partial charge in [0, 0.05) is 12.6 Å². The van der Waals surface area contributed by atoms with Crippen molar-refractivity contribution in [3.63, 3.8) is 0 Å². The highest BCUT2D eigenvalue weighted by molar-refractivity contribution is 5.82. The van der Waals surface area contributed by atoms with Crippen LogP contribution < -0.4 is 5.32 Å². The van der Waals surface area contributed by atoms with E-state index in [-0.39, 0.29) is 24.4 Å². The highest BCUT2D eigenvalue weighted by atomic mass is 16.4. The van der Waals surface area contributed by atoms with Gasteiger partial charge in [-0.3, -0.25) is 9.59 Å². The third-order valence-electron chi connectivity index (χ3n) is 3.48. The van der Waals surface area contributed by atoms with Gasteiger partial charge in [-0.05, 0) is 33.2 Å². The van der Waals surface area contributed by atoms with E-state index in [9.17, 15) is 9.59 Å². The summed E-state index contributed by atoms with van der Waals surface area (Å²) in [5.41, 5.74) is 0. The average molecular weight is 256 g/mol. The van der Waals surface area contributed by atoms with Crippen molar-refractivity contribution in [3.8, 4) is 0 Å². The highest BCUT2D eigenvalue weighted by Crippen LogP contribution is 2.13. The predicted molar refractivity (Wildman–Crippen MR) is 69.4 cm³/mol. The van der Waals surface area contributed by atoms with Crippen LogP contribution in [-0.2, 0) is 9.59 Å². The lowest BCUT2D eigenvalue weighted by atomic mass is 10.1. The number of carbonyl (C=O) groups excluding carboxylic acids is 1. The van der Waals surface area contributed by atoms with Crippen LogP contribution in [0, 0.1) is 0 Å². The van der Waals surface area contributed by atoms with E-state index >= 15 is 0 Å². The van der Waals surface area contributed by atoms with Crippen molar-refractivity contribution in [1.29, 1.82) is 0 Å². The molecule has 18 heavy (non-hydrogen) atoms. The molecule has 1 aliphatic heterocycles. The van der Waals surface area contributed by atoms with Crippen LogP contribution in [0.5, 0.6) is 0 Å². The molecule has 0 radical (unpaired) electrons. The Hall–Kier alpha value is -1.10. The van der Waals surface area contributed by atoms with Crippen LogP contribution in [0.1, 0.15) is 46.0 Å². The van der Waals surface area contributed by atoms with Crippen LogP contribution in [0.2, 0.25) is 0 Å². The van der Waals surface area contributed by atoms with Crippen molar-refractivity contribution in [2.24, 2.45) is 0 Å². The topological polar surface area (TPSA) is 69.6 Å². The molecule has 2 N–H and O–H groups in total. The number of hydrogen-bond donors (Lipinski definition) is 2. The number of hydrogen-bond acceptors (Lipinski definition) is 3. The van der Waals surface area contributed by atoms with Crippen LogP contribution in [0.3, 0.4) is 0 Å². The van der Waals surface area contributed by atoms with Crippen molar-refractivity contribution in [1.82, 2.24) is 10.2 Å². The molecule has 5 heteroatoms. The molecular weight excluding hydrogens is 232 g/mol. The summed E-state index contributed by atoms with van der Waals surface area (Å²) in [5.74, 6) is -0.810. The van der Waals surface area contributed by atoms with E-state index in [0.29, 0.717) is 6.54 Å². The van der Waals surface area contributed by atoms with Gasteiger partial charge in [-0.15, -0.1) is 0 Å². The van der Waals surface area contributed by atoms with Crippen molar-refractivity contribution in [2.75, 3.05) is 13.1 Å². The van der Waals surface area contributed by atoms with Gasteiger partial charge in [0.05, 0.1) is 12.5 Å². The summed E-state index contributed by atoms with van der Waals surface area (Å²) in [6, 6.07) is -0.381. The number of nitrogens with one attached hydrogen (secondary N) is 1. The minimum absolute atomic E-state index is 0.00625. The van der Waals surface area contributed by atoms with E-state index in [0.717, 1.165) is 32.2 Å². The maximum absolute atomic E-state index is 12.4. The van der Waals surface area contributed by atoms with Gasteiger partial charge >= 0.3 is 5.97 Å². The maximum atomic E-state index is 12.4. The number of rotatable bonds is 5. The molecule has 0 aliphatic carbocycles. The normalized spacial score (nSPS) is 22.0. The molecule has 2 atom stereocenters. The van der Waals surface area contributed by atoms with E-state index in [1.54, 1.807) is 11.8 Å². The Balaban J connectivity index is 2.62. The first-order valence-corrected chi connectivity index (χ1v) is 6.82. The lowest BCUT2D eigenvalue weighted by molar-refractivity contribution is -0.141. The third kappa shape index (κ3) is 4.29. The van der Waals surface area contributed by atoms with Crippen LogP contribution in [0.25, 0.3) is 0 Å². The van der Waals surface area contributed by atoms with Crippen LogP contribution in [0.4, 0.5) is 0 Å². The Bertz CT molecular complexity index is 286. The van der Waals surface area contributed by atoms with E-state index in [1.165, 1.54) is 0 Å². The Kier molecular flexibility index (Phi) is 6.12. The Morgan fingerprint density at radius 3 is 2.72 bits per heavy atom. The zero-order valence-electron chi connectivity index (χ0n) is 11.3. The van der Waals surface area contributed by atoms with Crippen molar-refractivity contribution < 1.29 is 14.7 Å². The summed E-state index contributed by atoms with van der Waals surface area (Å²) in [4.78, 5) is 24.8. The Labute approximate surface area is 109 Å². The fraction of sp³-hybridized carbons (Fsp3) is 0.846. The number of carboxylic acid groups (broad SMARTS) is 1. The second-order valence-electron chi connectivity index (χ2n) is 4.93. The molecule has 5 nitrogen and oxygen atoms in total. The smallest absolute Gasteiger partial charge is 0.305 e. The summed E-state index contributed by atoms with van der Waals surface area (Å²) in [6.07, 6.45) is 4.20. The fourth-order valence-corrected chi connectivity index (χ4v) is 2.49. The molecule has 2 unspecified atom stereocenters. The predicted octanol–water partition coefficient (Wildman–Crippen LogP) is 1.23. The number of nitrogens with zero attached hydrogens (tertiary/aromatic N) is 1. The van der Waals surface area contributed by atoms with Gasteiger partial charge in [-0.2, -0.15) is 0 Å². The minimum atomic E-state index is -0.859. The number of likely N-dealkylation sites (N-methyl/N-ethyl adjacent to an activating group) is 1. The van der Waals surface area contributed by atoms with Crippen molar-refractivity contribution in [3.05, 3.63) is 0 Å². The molecule has 1 amide bonds. The van der Waals surface area contributed by atoms with Crippen LogP contribution in [-0.4, -0.2) is 47.1 Å². The third-order valence-corrected chi connectivity index (χ3v) is 3.48.